The van der Waals surface area contributed by atoms with E-state index in [0.717, 1.165) is 12.1 Å². The van der Waals surface area contributed by atoms with Gasteiger partial charge in [-0.3, -0.25) is 14.4 Å². The van der Waals surface area contributed by atoms with E-state index >= 15 is 0 Å². The van der Waals surface area contributed by atoms with E-state index in [1.54, 1.807) is 18.2 Å². The second kappa shape index (κ2) is 10.8. The highest BCUT2D eigenvalue weighted by atomic mass is 19.1. The van der Waals surface area contributed by atoms with Crippen molar-refractivity contribution in [3.8, 4) is 11.5 Å². The van der Waals surface area contributed by atoms with Crippen molar-refractivity contribution in [2.24, 2.45) is 0 Å². The number of unbranched alkanes of at least 4 members (excludes halogenated alkanes) is 2. The number of carboxylic acids is 1. The standard InChI is InChI=1S/C25H26FNO7/c1-33-17-11-12-19(34-2)18(14-17)22-21(23(30)15-7-9-16(26)10-8-15)24(31)25(32)27(22)13-5-3-4-6-20(28)29/h7-12,14,22,30H,3-6,13H2,1-2H3,(H,28,29). The lowest BCUT2D eigenvalue weighted by Gasteiger charge is -2.27. The quantitative estimate of drug-likeness (QED) is 0.234. The van der Waals surface area contributed by atoms with Gasteiger partial charge in [-0.2, -0.15) is 0 Å². The number of aliphatic carboxylic acids is 1. The Morgan fingerprint density at radius 3 is 2.32 bits per heavy atom. The third-order valence-corrected chi connectivity index (χ3v) is 5.68. The minimum absolute atomic E-state index is 0.0104. The predicted molar refractivity (Wildman–Crippen MR) is 121 cm³/mol. The number of aliphatic hydroxyl groups is 1. The minimum Gasteiger partial charge on any atom is -0.507 e. The lowest BCUT2D eigenvalue weighted by molar-refractivity contribution is -0.140. The molecule has 0 spiro atoms. The monoisotopic (exact) mass is 471 g/mol. The van der Waals surface area contributed by atoms with Crippen molar-refractivity contribution < 1.29 is 38.5 Å². The lowest BCUT2D eigenvalue weighted by atomic mass is 9.94. The molecule has 0 aromatic heterocycles. The molecule has 9 heteroatoms. The highest BCUT2D eigenvalue weighted by molar-refractivity contribution is 6.46. The van der Waals surface area contributed by atoms with Crippen LogP contribution in [0.4, 0.5) is 4.39 Å². The molecule has 2 aromatic rings. The molecule has 1 aliphatic rings. The molecule has 3 rings (SSSR count). The Hall–Kier alpha value is -3.88. The number of amides is 1. The first kappa shape index (κ1) is 24.8. The number of hydrogen-bond acceptors (Lipinski definition) is 6. The van der Waals surface area contributed by atoms with Gasteiger partial charge in [-0.1, -0.05) is 6.42 Å². The van der Waals surface area contributed by atoms with Crippen molar-refractivity contribution >= 4 is 23.4 Å². The van der Waals surface area contributed by atoms with Gasteiger partial charge in [-0.25, -0.2) is 4.39 Å². The van der Waals surface area contributed by atoms with E-state index < -0.39 is 35.3 Å². The second-order valence-electron chi connectivity index (χ2n) is 7.81. The summed E-state index contributed by atoms with van der Waals surface area (Å²) in [6, 6.07) is 8.90. The molecule has 1 amide bonds. The molecule has 0 saturated carbocycles. The number of carbonyl (C=O) groups excluding carboxylic acids is 2. The first-order valence-corrected chi connectivity index (χ1v) is 10.8. The zero-order valence-corrected chi connectivity index (χ0v) is 18.9. The highest BCUT2D eigenvalue weighted by Crippen LogP contribution is 2.44. The number of carbonyl (C=O) groups is 3. The predicted octanol–water partition coefficient (Wildman–Crippen LogP) is 3.91. The van der Waals surface area contributed by atoms with Gasteiger partial charge in [0.05, 0.1) is 25.8 Å². The molecule has 1 unspecified atom stereocenters. The molecule has 1 fully saturated rings. The van der Waals surface area contributed by atoms with Crippen molar-refractivity contribution in [3.05, 3.63) is 65.0 Å². The molecular formula is C25H26FNO7. The maximum atomic E-state index is 13.4. The normalized spacial score (nSPS) is 17.1. The van der Waals surface area contributed by atoms with Gasteiger partial charge >= 0.3 is 5.97 Å². The van der Waals surface area contributed by atoms with Crippen molar-refractivity contribution in [3.63, 3.8) is 0 Å². The maximum absolute atomic E-state index is 13.4. The third-order valence-electron chi connectivity index (χ3n) is 5.68. The first-order valence-electron chi connectivity index (χ1n) is 10.8. The molecule has 180 valence electrons. The van der Waals surface area contributed by atoms with Crippen LogP contribution in [0, 0.1) is 5.82 Å². The fourth-order valence-electron chi connectivity index (χ4n) is 3.99. The smallest absolute Gasteiger partial charge is 0.303 e. The Morgan fingerprint density at radius 2 is 1.71 bits per heavy atom. The van der Waals surface area contributed by atoms with Crippen LogP contribution in [0.15, 0.2) is 48.0 Å². The van der Waals surface area contributed by atoms with Crippen LogP contribution >= 0.6 is 0 Å². The summed E-state index contributed by atoms with van der Waals surface area (Å²) in [5.74, 6) is -2.66. The summed E-state index contributed by atoms with van der Waals surface area (Å²) in [6.45, 7) is 0.162. The summed E-state index contributed by atoms with van der Waals surface area (Å²) in [5, 5.41) is 19.9. The number of methoxy groups -OCH3 is 2. The molecule has 1 saturated heterocycles. The Kier molecular flexibility index (Phi) is 7.88. The van der Waals surface area contributed by atoms with Crippen LogP contribution < -0.4 is 9.47 Å². The molecule has 0 bridgehead atoms. The first-order chi connectivity index (χ1) is 16.3. The Labute approximate surface area is 196 Å². The number of nitrogens with zero attached hydrogens (tertiary/aromatic N) is 1. The number of halogens is 1. The van der Waals surface area contributed by atoms with Crippen LogP contribution in [0.25, 0.3) is 5.76 Å². The van der Waals surface area contributed by atoms with Crippen LogP contribution in [0.1, 0.15) is 42.9 Å². The van der Waals surface area contributed by atoms with E-state index in [1.165, 1.54) is 31.3 Å². The van der Waals surface area contributed by atoms with E-state index in [0.29, 0.717) is 36.3 Å². The molecule has 0 aliphatic carbocycles. The molecule has 2 N–H and O–H groups in total. The summed E-state index contributed by atoms with van der Waals surface area (Å²) < 4.78 is 24.2. The zero-order valence-electron chi connectivity index (χ0n) is 18.9. The minimum atomic E-state index is -0.977. The molecule has 1 atom stereocenters. The highest BCUT2D eigenvalue weighted by Gasteiger charge is 2.47. The number of carboxylic acid groups (broad SMARTS) is 1. The Bertz CT molecular complexity index is 1110. The van der Waals surface area contributed by atoms with Crippen LogP contribution in [0.2, 0.25) is 0 Å². The van der Waals surface area contributed by atoms with Gasteiger partial charge < -0.3 is 24.6 Å². The van der Waals surface area contributed by atoms with Gasteiger partial charge in [0.15, 0.2) is 0 Å². The zero-order chi connectivity index (χ0) is 24.8. The van der Waals surface area contributed by atoms with Gasteiger partial charge in [0.25, 0.3) is 11.7 Å². The SMILES string of the molecule is COc1ccc(OC)c(C2C(=C(O)c3ccc(F)cc3)C(=O)C(=O)N2CCCCCC(=O)O)c1. The fourth-order valence-corrected chi connectivity index (χ4v) is 3.99. The van der Waals surface area contributed by atoms with Crippen LogP contribution in [-0.4, -0.2) is 53.5 Å². The molecule has 8 nitrogen and oxygen atoms in total. The summed E-state index contributed by atoms with van der Waals surface area (Å²) in [4.78, 5) is 38.2. The van der Waals surface area contributed by atoms with Gasteiger partial charge in [0, 0.05) is 24.1 Å². The van der Waals surface area contributed by atoms with E-state index in [2.05, 4.69) is 0 Å². The number of hydrogen-bond donors (Lipinski definition) is 2. The summed E-state index contributed by atoms with van der Waals surface area (Å²) in [7, 11) is 2.92. The number of aliphatic hydroxyl groups excluding tert-OH is 1. The van der Waals surface area contributed by atoms with Gasteiger partial charge in [-0.05, 0) is 55.3 Å². The molecule has 2 aromatic carbocycles. The molecular weight excluding hydrogens is 445 g/mol. The average molecular weight is 471 g/mol. The lowest BCUT2D eigenvalue weighted by Crippen LogP contribution is -2.31. The van der Waals surface area contributed by atoms with E-state index in [1.807, 2.05) is 0 Å². The number of benzene rings is 2. The summed E-state index contributed by atoms with van der Waals surface area (Å²) in [6.07, 6.45) is 1.44. The van der Waals surface area contributed by atoms with Crippen LogP contribution in [0.5, 0.6) is 11.5 Å². The summed E-state index contributed by atoms with van der Waals surface area (Å²) in [5.41, 5.74) is 0.483. The molecule has 34 heavy (non-hydrogen) atoms. The van der Waals surface area contributed by atoms with Crippen molar-refractivity contribution in [2.75, 3.05) is 20.8 Å². The topological polar surface area (TPSA) is 113 Å². The number of rotatable bonds is 10. The Morgan fingerprint density at radius 1 is 1.00 bits per heavy atom. The maximum Gasteiger partial charge on any atom is 0.303 e. The number of ketones is 1. The van der Waals surface area contributed by atoms with Crippen molar-refractivity contribution in [2.45, 2.75) is 31.7 Å². The number of likely N-dealkylation sites (tertiary alicyclic amines) is 1. The molecule has 1 heterocycles. The Balaban J connectivity index is 2.08. The third kappa shape index (κ3) is 5.19. The van der Waals surface area contributed by atoms with Crippen molar-refractivity contribution in [1.82, 2.24) is 4.90 Å². The van der Waals surface area contributed by atoms with Crippen LogP contribution in [0.3, 0.4) is 0 Å². The van der Waals surface area contributed by atoms with Gasteiger partial charge in [0.2, 0.25) is 0 Å². The number of ether oxygens (including phenoxy) is 2. The fraction of sp³-hybridized carbons (Fsp3) is 0.320. The van der Waals surface area contributed by atoms with Crippen LogP contribution in [-0.2, 0) is 14.4 Å². The number of Topliss-reactive ketones (excluding diaryl/α,β-unsaturated/α-hetero) is 1. The molecule has 0 radical (unpaired) electrons. The van der Waals surface area contributed by atoms with E-state index in [9.17, 15) is 23.9 Å². The average Bonchev–Trinajstić information content (AvgIpc) is 3.08. The van der Waals surface area contributed by atoms with E-state index in [4.69, 9.17) is 14.6 Å². The molecule has 1 aliphatic heterocycles. The van der Waals surface area contributed by atoms with E-state index in [-0.39, 0.29) is 24.1 Å². The van der Waals surface area contributed by atoms with Gasteiger partial charge in [0.1, 0.15) is 23.1 Å². The largest absolute Gasteiger partial charge is 0.507 e. The van der Waals surface area contributed by atoms with Crippen molar-refractivity contribution in [1.29, 1.82) is 0 Å². The second-order valence-corrected chi connectivity index (χ2v) is 7.81. The summed E-state index contributed by atoms with van der Waals surface area (Å²) >= 11 is 0. The van der Waals surface area contributed by atoms with Gasteiger partial charge in [-0.15, -0.1) is 0 Å².